The van der Waals surface area contributed by atoms with Crippen molar-refractivity contribution in [2.75, 3.05) is 5.32 Å². The van der Waals surface area contributed by atoms with Gasteiger partial charge in [0.15, 0.2) is 0 Å². The predicted octanol–water partition coefficient (Wildman–Crippen LogP) is 3.41. The minimum absolute atomic E-state index is 0.802. The van der Waals surface area contributed by atoms with Crippen molar-refractivity contribution in [1.82, 2.24) is 20.2 Å². The first kappa shape index (κ1) is 13.3. The molecule has 0 saturated carbocycles. The first-order valence-electron chi connectivity index (χ1n) is 6.04. The molecule has 20 heavy (non-hydrogen) atoms. The van der Waals surface area contributed by atoms with E-state index in [2.05, 4.69) is 61.9 Å². The molecule has 0 aliphatic heterocycles. The van der Waals surface area contributed by atoms with E-state index in [1.54, 1.807) is 22.3 Å². The molecular formula is C13H12BrN5S. The fraction of sp³-hybridized carbons (Fsp3) is 0.154. The average Bonchev–Trinajstić information content (AvgIpc) is 3.09. The van der Waals surface area contributed by atoms with E-state index < -0.39 is 0 Å². The van der Waals surface area contributed by atoms with Gasteiger partial charge in [-0.05, 0) is 63.1 Å². The van der Waals surface area contributed by atoms with Crippen LogP contribution in [0.25, 0.3) is 5.69 Å². The predicted molar refractivity (Wildman–Crippen MR) is 83.2 cm³/mol. The first-order chi connectivity index (χ1) is 9.72. The van der Waals surface area contributed by atoms with Crippen molar-refractivity contribution >= 4 is 33.0 Å². The topological polar surface area (TPSA) is 55.6 Å². The minimum Gasteiger partial charge on any atom is -0.380 e. The number of hydrogen-bond acceptors (Lipinski definition) is 5. The molecule has 2 heterocycles. The van der Waals surface area contributed by atoms with Crippen LogP contribution in [0.5, 0.6) is 0 Å². The normalized spacial score (nSPS) is 10.7. The van der Waals surface area contributed by atoms with E-state index in [-0.39, 0.29) is 0 Å². The molecule has 7 heteroatoms. The van der Waals surface area contributed by atoms with E-state index in [1.165, 1.54) is 10.4 Å². The molecule has 0 aliphatic carbocycles. The van der Waals surface area contributed by atoms with Crippen LogP contribution in [0.1, 0.15) is 10.4 Å². The molecule has 1 aromatic carbocycles. The summed E-state index contributed by atoms with van der Waals surface area (Å²) < 4.78 is 2.79. The van der Waals surface area contributed by atoms with Crippen molar-refractivity contribution in [3.05, 3.63) is 50.9 Å². The Labute approximate surface area is 128 Å². The number of rotatable bonds is 4. The lowest BCUT2D eigenvalue weighted by Crippen LogP contribution is -2.02. The van der Waals surface area contributed by atoms with Crippen molar-refractivity contribution in [2.24, 2.45) is 0 Å². The largest absolute Gasteiger partial charge is 0.380 e. The van der Waals surface area contributed by atoms with E-state index >= 15 is 0 Å². The molecule has 0 amide bonds. The molecule has 0 aliphatic rings. The van der Waals surface area contributed by atoms with Crippen LogP contribution in [-0.4, -0.2) is 20.2 Å². The van der Waals surface area contributed by atoms with Crippen LogP contribution < -0.4 is 5.32 Å². The van der Waals surface area contributed by atoms with Crippen LogP contribution in [0, 0.1) is 6.92 Å². The summed E-state index contributed by atoms with van der Waals surface area (Å²) in [7, 11) is 0. The molecule has 1 N–H and O–H groups in total. The molecule has 0 atom stereocenters. The summed E-state index contributed by atoms with van der Waals surface area (Å²) in [5, 5.41) is 14.7. The minimum atomic E-state index is 0.802. The van der Waals surface area contributed by atoms with Gasteiger partial charge in [-0.3, -0.25) is 0 Å². The van der Waals surface area contributed by atoms with Crippen molar-refractivity contribution < 1.29 is 0 Å². The number of anilines is 1. The number of benzene rings is 1. The van der Waals surface area contributed by atoms with Gasteiger partial charge in [0.05, 0.1) is 9.47 Å². The monoisotopic (exact) mass is 349 g/mol. The zero-order valence-corrected chi connectivity index (χ0v) is 13.1. The summed E-state index contributed by atoms with van der Waals surface area (Å²) in [6.07, 6.45) is 1.59. The second-order valence-electron chi connectivity index (χ2n) is 4.31. The standard InChI is InChI=1S/C13H12BrN5S/c1-9-2-3-10(19-8-16-17-18-19)6-12(9)15-7-11-4-5-13(14)20-11/h2-6,8,15H,7H2,1H3. The zero-order valence-electron chi connectivity index (χ0n) is 10.7. The van der Waals surface area contributed by atoms with Gasteiger partial charge < -0.3 is 5.32 Å². The summed E-state index contributed by atoms with van der Waals surface area (Å²) in [5.74, 6) is 0. The van der Waals surface area contributed by atoms with Gasteiger partial charge in [0.25, 0.3) is 0 Å². The molecule has 3 rings (SSSR count). The van der Waals surface area contributed by atoms with E-state index in [1.807, 2.05) is 12.1 Å². The van der Waals surface area contributed by atoms with Gasteiger partial charge in [0.2, 0.25) is 0 Å². The molecule has 2 aromatic heterocycles. The molecule has 0 fully saturated rings. The quantitative estimate of drug-likeness (QED) is 0.784. The number of nitrogens with one attached hydrogen (secondary N) is 1. The second kappa shape index (κ2) is 5.72. The Hall–Kier alpha value is -1.73. The van der Waals surface area contributed by atoms with Crippen LogP contribution in [0.3, 0.4) is 0 Å². The third kappa shape index (κ3) is 2.88. The van der Waals surface area contributed by atoms with E-state index in [0.29, 0.717) is 0 Å². The SMILES string of the molecule is Cc1ccc(-n2cnnn2)cc1NCc1ccc(Br)s1. The Morgan fingerprint density at radius 3 is 2.90 bits per heavy atom. The van der Waals surface area contributed by atoms with Crippen LogP contribution in [0.15, 0.2) is 40.4 Å². The molecule has 3 aromatic rings. The Balaban J connectivity index is 1.80. The fourth-order valence-corrected chi connectivity index (χ4v) is 3.27. The number of nitrogens with zero attached hydrogens (tertiary/aromatic N) is 4. The fourth-order valence-electron chi connectivity index (χ4n) is 1.85. The summed E-state index contributed by atoms with van der Waals surface area (Å²) in [6.45, 7) is 2.88. The Morgan fingerprint density at radius 1 is 1.30 bits per heavy atom. The Bertz CT molecular complexity index is 707. The van der Waals surface area contributed by atoms with Crippen molar-refractivity contribution in [3.63, 3.8) is 0 Å². The highest BCUT2D eigenvalue weighted by molar-refractivity contribution is 9.11. The summed E-state index contributed by atoms with van der Waals surface area (Å²) in [4.78, 5) is 1.28. The summed E-state index contributed by atoms with van der Waals surface area (Å²) in [6, 6.07) is 10.3. The zero-order chi connectivity index (χ0) is 13.9. The maximum absolute atomic E-state index is 3.90. The van der Waals surface area contributed by atoms with Gasteiger partial charge in [0.1, 0.15) is 6.33 Å². The molecule has 0 unspecified atom stereocenters. The van der Waals surface area contributed by atoms with Crippen LogP contribution in [0.2, 0.25) is 0 Å². The second-order valence-corrected chi connectivity index (χ2v) is 6.86. The first-order valence-corrected chi connectivity index (χ1v) is 7.65. The summed E-state index contributed by atoms with van der Waals surface area (Å²) in [5.41, 5.74) is 3.22. The van der Waals surface area contributed by atoms with Crippen molar-refractivity contribution in [2.45, 2.75) is 13.5 Å². The molecule has 0 spiro atoms. The highest BCUT2D eigenvalue weighted by Gasteiger charge is 2.04. The van der Waals surface area contributed by atoms with Gasteiger partial charge in [-0.1, -0.05) is 6.07 Å². The molecule has 0 saturated heterocycles. The molecule has 0 bridgehead atoms. The average molecular weight is 350 g/mol. The third-order valence-corrected chi connectivity index (χ3v) is 4.54. The van der Waals surface area contributed by atoms with Crippen molar-refractivity contribution in [1.29, 1.82) is 0 Å². The maximum Gasteiger partial charge on any atom is 0.143 e. The highest BCUT2D eigenvalue weighted by Crippen LogP contribution is 2.24. The number of hydrogen-bond donors (Lipinski definition) is 1. The van der Waals surface area contributed by atoms with Gasteiger partial charge in [-0.2, -0.15) is 0 Å². The van der Waals surface area contributed by atoms with Crippen LogP contribution >= 0.6 is 27.3 Å². The third-order valence-electron chi connectivity index (χ3n) is 2.92. The number of thiophene rings is 1. The van der Waals surface area contributed by atoms with E-state index in [4.69, 9.17) is 0 Å². The van der Waals surface area contributed by atoms with E-state index in [9.17, 15) is 0 Å². The number of tetrazole rings is 1. The van der Waals surface area contributed by atoms with Gasteiger partial charge in [0, 0.05) is 17.1 Å². The van der Waals surface area contributed by atoms with Gasteiger partial charge in [-0.15, -0.1) is 16.4 Å². The molecule has 5 nitrogen and oxygen atoms in total. The van der Waals surface area contributed by atoms with Gasteiger partial charge >= 0.3 is 0 Å². The molecule has 0 radical (unpaired) electrons. The summed E-state index contributed by atoms with van der Waals surface area (Å²) >= 11 is 5.21. The number of halogens is 1. The lowest BCUT2D eigenvalue weighted by atomic mass is 10.2. The highest BCUT2D eigenvalue weighted by atomic mass is 79.9. The lowest BCUT2D eigenvalue weighted by molar-refractivity contribution is 0.789. The van der Waals surface area contributed by atoms with Crippen molar-refractivity contribution in [3.8, 4) is 5.69 Å². The smallest absolute Gasteiger partial charge is 0.143 e. The maximum atomic E-state index is 3.90. The Morgan fingerprint density at radius 2 is 2.20 bits per heavy atom. The lowest BCUT2D eigenvalue weighted by Gasteiger charge is -2.10. The Kier molecular flexibility index (Phi) is 3.79. The molecule has 102 valence electrons. The number of aromatic nitrogens is 4. The van der Waals surface area contributed by atoms with Crippen LogP contribution in [0.4, 0.5) is 5.69 Å². The number of aryl methyl sites for hydroxylation is 1. The molecular weight excluding hydrogens is 338 g/mol. The van der Waals surface area contributed by atoms with E-state index in [0.717, 1.165) is 21.7 Å². The van der Waals surface area contributed by atoms with Gasteiger partial charge in [-0.25, -0.2) is 4.68 Å². The van der Waals surface area contributed by atoms with Crippen LogP contribution in [-0.2, 0) is 6.54 Å².